The Kier molecular flexibility index (Phi) is 5.87. The number of hydrogen-bond donors (Lipinski definition) is 2. The number of methoxy groups -OCH3 is 1. The van der Waals surface area contributed by atoms with E-state index in [0.717, 1.165) is 29.9 Å². The van der Waals surface area contributed by atoms with Gasteiger partial charge in [-0.15, -0.1) is 11.3 Å². The first-order valence-electron chi connectivity index (χ1n) is 9.82. The number of nitrogens with one attached hydrogen (secondary N) is 2. The molecule has 1 saturated heterocycles. The molecule has 0 radical (unpaired) electrons. The molecule has 2 atom stereocenters. The number of carbonyl (C=O) groups is 2. The van der Waals surface area contributed by atoms with Gasteiger partial charge in [0.15, 0.2) is 11.6 Å². The monoisotopic (exact) mass is 410 g/mol. The number of rotatable bonds is 5. The number of carbonyl (C=O) groups excluding carboxylic acids is 2. The van der Waals surface area contributed by atoms with E-state index in [1.807, 2.05) is 18.2 Å². The van der Waals surface area contributed by atoms with Gasteiger partial charge in [-0.3, -0.25) is 4.79 Å². The number of hydrogen-bond acceptors (Lipinski definition) is 5. The molecule has 1 aromatic heterocycles. The Morgan fingerprint density at radius 3 is 2.72 bits per heavy atom. The number of thiazole rings is 1. The van der Waals surface area contributed by atoms with Gasteiger partial charge in [-0.25, -0.2) is 9.78 Å². The highest BCUT2D eigenvalue weighted by Gasteiger charge is 2.31. The van der Waals surface area contributed by atoms with Crippen molar-refractivity contribution in [1.82, 2.24) is 4.98 Å². The van der Waals surface area contributed by atoms with E-state index in [2.05, 4.69) is 11.4 Å². The lowest BCUT2D eigenvalue weighted by Crippen LogP contribution is -3.14. The van der Waals surface area contributed by atoms with E-state index in [4.69, 9.17) is 9.72 Å². The average Bonchev–Trinajstić information content (AvgIpc) is 3.18. The fourth-order valence-electron chi connectivity index (χ4n) is 3.85. The third-order valence-electron chi connectivity index (χ3n) is 5.32. The minimum atomic E-state index is -0.390. The van der Waals surface area contributed by atoms with Crippen molar-refractivity contribution in [2.45, 2.75) is 25.3 Å². The van der Waals surface area contributed by atoms with E-state index in [1.54, 1.807) is 35.6 Å². The van der Waals surface area contributed by atoms with Gasteiger partial charge >= 0.3 is 5.97 Å². The standard InChI is InChI=1S/C22H23N3O3S/c1-28-22(27)15-9-11-16(12-10-15)23-20(26)14-25-13-5-4-7-18(25)21-24-17-6-2-3-8-19(17)29-21/h2-3,6,8-12,18H,4-5,7,13-14H2,1H3,(H,23,26)/p+1/t18-/m1/s1. The molecule has 0 saturated carbocycles. The highest BCUT2D eigenvalue weighted by atomic mass is 32.1. The average molecular weight is 411 g/mol. The number of quaternary nitrogens is 1. The smallest absolute Gasteiger partial charge is 0.337 e. The van der Waals surface area contributed by atoms with Crippen molar-refractivity contribution in [2.24, 2.45) is 0 Å². The summed E-state index contributed by atoms with van der Waals surface area (Å²) in [5.41, 5.74) is 2.17. The van der Waals surface area contributed by atoms with Gasteiger partial charge in [-0.1, -0.05) is 12.1 Å². The van der Waals surface area contributed by atoms with E-state index in [0.29, 0.717) is 17.8 Å². The second-order valence-electron chi connectivity index (χ2n) is 7.27. The van der Waals surface area contributed by atoms with E-state index in [9.17, 15) is 9.59 Å². The summed E-state index contributed by atoms with van der Waals surface area (Å²) < 4.78 is 5.90. The van der Waals surface area contributed by atoms with Crippen LogP contribution in [0.2, 0.25) is 0 Å². The van der Waals surface area contributed by atoms with Gasteiger partial charge in [0.1, 0.15) is 6.04 Å². The summed E-state index contributed by atoms with van der Waals surface area (Å²) in [6.45, 7) is 1.37. The lowest BCUT2D eigenvalue weighted by molar-refractivity contribution is -0.929. The molecule has 0 aliphatic carbocycles. The normalized spacial score (nSPS) is 19.1. The molecule has 0 bridgehead atoms. The van der Waals surface area contributed by atoms with Crippen molar-refractivity contribution in [3.63, 3.8) is 0 Å². The molecule has 2 aromatic carbocycles. The summed E-state index contributed by atoms with van der Waals surface area (Å²) in [5, 5.41) is 4.06. The molecular weight excluding hydrogens is 386 g/mol. The van der Waals surface area contributed by atoms with Crippen molar-refractivity contribution in [2.75, 3.05) is 25.5 Å². The molecule has 4 rings (SSSR count). The largest absolute Gasteiger partial charge is 0.465 e. The number of benzene rings is 2. The van der Waals surface area contributed by atoms with Crippen LogP contribution in [0.4, 0.5) is 5.69 Å². The molecule has 3 aromatic rings. The molecule has 6 nitrogen and oxygen atoms in total. The quantitative estimate of drug-likeness (QED) is 0.635. The molecule has 2 heterocycles. The van der Waals surface area contributed by atoms with Crippen LogP contribution in [-0.4, -0.2) is 37.1 Å². The van der Waals surface area contributed by atoms with Crippen LogP contribution in [0, 0.1) is 0 Å². The van der Waals surface area contributed by atoms with Crippen LogP contribution in [0.3, 0.4) is 0 Å². The fraction of sp³-hybridized carbons (Fsp3) is 0.318. The number of amides is 1. The number of anilines is 1. The Bertz CT molecular complexity index is 983. The fourth-order valence-corrected chi connectivity index (χ4v) is 5.01. The number of ether oxygens (including phenoxy) is 1. The van der Waals surface area contributed by atoms with E-state index >= 15 is 0 Å². The minimum Gasteiger partial charge on any atom is -0.465 e. The molecule has 150 valence electrons. The SMILES string of the molecule is COC(=O)c1ccc(NC(=O)C[NH+]2CCCC[C@@H]2c2nc3ccccc3s2)cc1. The highest BCUT2D eigenvalue weighted by molar-refractivity contribution is 7.18. The molecule has 29 heavy (non-hydrogen) atoms. The topological polar surface area (TPSA) is 72.7 Å². The molecule has 1 fully saturated rings. The molecule has 0 spiro atoms. The molecular formula is C22H24N3O3S+. The summed E-state index contributed by atoms with van der Waals surface area (Å²) in [6, 6.07) is 15.2. The van der Waals surface area contributed by atoms with Crippen LogP contribution in [0.15, 0.2) is 48.5 Å². The first kappa shape index (κ1) is 19.5. The van der Waals surface area contributed by atoms with Gasteiger partial charge in [0, 0.05) is 12.1 Å². The number of esters is 1. The first-order chi connectivity index (χ1) is 14.1. The third kappa shape index (κ3) is 4.46. The minimum absolute atomic E-state index is 0.0289. The van der Waals surface area contributed by atoms with Gasteiger partial charge in [0.05, 0.1) is 29.4 Å². The number of nitrogens with zero attached hydrogens (tertiary/aromatic N) is 1. The molecule has 2 N–H and O–H groups in total. The Morgan fingerprint density at radius 1 is 1.17 bits per heavy atom. The summed E-state index contributed by atoms with van der Waals surface area (Å²) in [4.78, 5) is 30.3. The van der Waals surface area contributed by atoms with Gasteiger partial charge in [0.25, 0.3) is 5.91 Å². The van der Waals surface area contributed by atoms with Crippen LogP contribution < -0.4 is 10.2 Å². The lowest BCUT2D eigenvalue weighted by Gasteiger charge is -2.30. The molecule has 1 amide bonds. The zero-order valence-electron chi connectivity index (χ0n) is 16.3. The van der Waals surface area contributed by atoms with Gasteiger partial charge in [0.2, 0.25) is 0 Å². The van der Waals surface area contributed by atoms with Crippen LogP contribution in [0.25, 0.3) is 10.2 Å². The second kappa shape index (κ2) is 8.71. The van der Waals surface area contributed by atoms with Crippen molar-refractivity contribution in [3.8, 4) is 0 Å². The second-order valence-corrected chi connectivity index (χ2v) is 8.33. The third-order valence-corrected chi connectivity index (χ3v) is 6.47. The summed E-state index contributed by atoms with van der Waals surface area (Å²) in [7, 11) is 1.35. The number of aromatic nitrogens is 1. The van der Waals surface area contributed by atoms with Crippen LogP contribution in [-0.2, 0) is 9.53 Å². The predicted molar refractivity (Wildman–Crippen MR) is 113 cm³/mol. The maximum Gasteiger partial charge on any atom is 0.337 e. The maximum absolute atomic E-state index is 12.7. The predicted octanol–water partition coefficient (Wildman–Crippen LogP) is 2.83. The maximum atomic E-state index is 12.7. The number of piperidine rings is 1. The number of para-hydroxylation sites is 1. The number of fused-ring (bicyclic) bond motifs is 1. The Balaban J connectivity index is 1.43. The number of likely N-dealkylation sites (tertiary alicyclic amines) is 1. The van der Waals surface area contributed by atoms with Crippen molar-refractivity contribution in [3.05, 3.63) is 59.1 Å². The van der Waals surface area contributed by atoms with Crippen molar-refractivity contribution in [1.29, 1.82) is 0 Å². The molecule has 7 heteroatoms. The zero-order chi connectivity index (χ0) is 20.2. The Hall–Kier alpha value is -2.77. The van der Waals surface area contributed by atoms with E-state index < -0.39 is 0 Å². The Morgan fingerprint density at radius 2 is 1.97 bits per heavy atom. The molecule has 1 unspecified atom stereocenters. The Labute approximate surface area is 173 Å². The van der Waals surface area contributed by atoms with E-state index in [1.165, 1.54) is 23.1 Å². The summed E-state index contributed by atoms with van der Waals surface area (Å²) >= 11 is 1.74. The molecule has 1 aliphatic rings. The van der Waals surface area contributed by atoms with Gasteiger partial charge < -0.3 is 15.0 Å². The highest BCUT2D eigenvalue weighted by Crippen LogP contribution is 2.28. The van der Waals surface area contributed by atoms with Crippen LogP contribution in [0.1, 0.15) is 40.7 Å². The van der Waals surface area contributed by atoms with Crippen LogP contribution in [0.5, 0.6) is 0 Å². The van der Waals surface area contributed by atoms with E-state index in [-0.39, 0.29) is 17.9 Å². The summed E-state index contributed by atoms with van der Waals surface area (Å²) in [5.74, 6) is -0.418. The van der Waals surface area contributed by atoms with Gasteiger partial charge in [-0.2, -0.15) is 0 Å². The van der Waals surface area contributed by atoms with Crippen molar-refractivity contribution < 1.29 is 19.2 Å². The summed E-state index contributed by atoms with van der Waals surface area (Å²) in [6.07, 6.45) is 3.34. The van der Waals surface area contributed by atoms with Gasteiger partial charge in [-0.05, 0) is 49.2 Å². The lowest BCUT2D eigenvalue weighted by atomic mass is 10.0. The van der Waals surface area contributed by atoms with Crippen LogP contribution >= 0.6 is 11.3 Å². The van der Waals surface area contributed by atoms with Crippen molar-refractivity contribution >= 4 is 39.1 Å². The zero-order valence-corrected chi connectivity index (χ0v) is 17.1. The first-order valence-corrected chi connectivity index (χ1v) is 10.6. The molecule has 1 aliphatic heterocycles.